The third-order valence-corrected chi connectivity index (χ3v) is 2.37. The molecule has 4 nitrogen and oxygen atoms in total. The van der Waals surface area contributed by atoms with E-state index in [0.717, 1.165) is 0 Å². The van der Waals surface area contributed by atoms with Crippen molar-refractivity contribution in [3.8, 4) is 0 Å². The van der Waals surface area contributed by atoms with Crippen molar-refractivity contribution in [1.29, 1.82) is 0 Å². The molecule has 0 aromatic rings. The minimum absolute atomic E-state index is 0.0385. The Morgan fingerprint density at radius 3 is 2.08 bits per heavy atom. The Morgan fingerprint density at radius 2 is 1.77 bits per heavy atom. The zero-order chi connectivity index (χ0) is 10.5. The maximum atomic E-state index is 10.5. The molecule has 0 aliphatic rings. The van der Waals surface area contributed by atoms with Gasteiger partial charge in [-0.05, 0) is 11.8 Å². The van der Waals surface area contributed by atoms with Gasteiger partial charge in [-0.15, -0.1) is 0 Å². The third kappa shape index (κ3) is 5.22. The zero-order valence-electron chi connectivity index (χ0n) is 8.04. The molecule has 0 rings (SSSR count). The number of carbonyl (C=O) groups is 2. The lowest BCUT2D eigenvalue weighted by atomic mass is 9.80. The molecule has 0 saturated carbocycles. The van der Waals surface area contributed by atoms with Crippen molar-refractivity contribution in [3.63, 3.8) is 0 Å². The summed E-state index contributed by atoms with van der Waals surface area (Å²) in [5.74, 6) is -1.74. The molecule has 0 radical (unpaired) electrons. The highest BCUT2D eigenvalue weighted by molar-refractivity contribution is 5.68. The van der Waals surface area contributed by atoms with E-state index in [0.29, 0.717) is 12.8 Å². The van der Waals surface area contributed by atoms with E-state index in [1.807, 2.05) is 13.8 Å². The Bertz CT molecular complexity index is 200. The van der Waals surface area contributed by atoms with Crippen LogP contribution in [0.15, 0.2) is 0 Å². The fourth-order valence-electron chi connectivity index (χ4n) is 1.16. The van der Waals surface area contributed by atoms with Crippen molar-refractivity contribution in [1.82, 2.24) is 0 Å². The van der Waals surface area contributed by atoms with Gasteiger partial charge in [0, 0.05) is 6.42 Å². The Labute approximate surface area is 77.6 Å². The topological polar surface area (TPSA) is 74.6 Å². The smallest absolute Gasteiger partial charge is 0.303 e. The molecule has 2 N–H and O–H groups in total. The quantitative estimate of drug-likeness (QED) is 0.665. The van der Waals surface area contributed by atoms with E-state index in [9.17, 15) is 9.59 Å². The number of carboxylic acids is 2. The molecule has 13 heavy (non-hydrogen) atoms. The molecule has 0 fully saturated rings. The van der Waals surface area contributed by atoms with Gasteiger partial charge in [0.25, 0.3) is 0 Å². The molecule has 0 saturated heterocycles. The number of rotatable bonds is 6. The molecule has 0 unspecified atom stereocenters. The van der Waals surface area contributed by atoms with Crippen LogP contribution in [0.1, 0.15) is 39.5 Å². The summed E-state index contributed by atoms with van der Waals surface area (Å²) in [6.45, 7) is 3.69. The number of aliphatic carboxylic acids is 2. The minimum atomic E-state index is -0.870. The molecule has 76 valence electrons. The Balaban J connectivity index is 4.10. The molecule has 0 aromatic heterocycles. The van der Waals surface area contributed by atoms with Crippen LogP contribution in [0.4, 0.5) is 0 Å². The van der Waals surface area contributed by atoms with Crippen LogP contribution in [-0.4, -0.2) is 22.2 Å². The molecule has 0 aromatic carbocycles. The second kappa shape index (κ2) is 4.84. The fourth-order valence-corrected chi connectivity index (χ4v) is 1.16. The van der Waals surface area contributed by atoms with Crippen molar-refractivity contribution >= 4 is 11.9 Å². The highest BCUT2D eigenvalue weighted by Crippen LogP contribution is 2.31. The average molecular weight is 188 g/mol. The van der Waals surface area contributed by atoms with Gasteiger partial charge >= 0.3 is 11.9 Å². The lowest BCUT2D eigenvalue weighted by Crippen LogP contribution is -2.21. The Kier molecular flexibility index (Phi) is 4.45. The van der Waals surface area contributed by atoms with Gasteiger partial charge in [-0.3, -0.25) is 9.59 Å². The normalized spacial score (nSPS) is 14.9. The van der Waals surface area contributed by atoms with Crippen LogP contribution in [0.3, 0.4) is 0 Å². The summed E-state index contributed by atoms with van der Waals surface area (Å²) in [7, 11) is 0. The van der Waals surface area contributed by atoms with E-state index in [1.165, 1.54) is 0 Å². The van der Waals surface area contributed by atoms with Crippen LogP contribution >= 0.6 is 0 Å². The molecule has 0 bridgehead atoms. The van der Waals surface area contributed by atoms with E-state index in [-0.39, 0.29) is 18.3 Å². The third-order valence-electron chi connectivity index (χ3n) is 2.37. The molecule has 4 heteroatoms. The highest BCUT2D eigenvalue weighted by atomic mass is 16.4. The zero-order valence-corrected chi connectivity index (χ0v) is 8.04. The first-order chi connectivity index (χ1) is 5.89. The number of hydrogen-bond donors (Lipinski definition) is 2. The predicted octanol–water partition coefficient (Wildman–Crippen LogP) is 1.74. The van der Waals surface area contributed by atoms with E-state index in [2.05, 4.69) is 0 Å². The van der Waals surface area contributed by atoms with Crippen molar-refractivity contribution in [2.75, 3.05) is 0 Å². The Morgan fingerprint density at radius 1 is 1.23 bits per heavy atom. The Hall–Kier alpha value is -1.06. The van der Waals surface area contributed by atoms with Gasteiger partial charge in [-0.2, -0.15) is 0 Å². The van der Waals surface area contributed by atoms with Gasteiger partial charge in [0.15, 0.2) is 0 Å². The number of hydrogen-bond acceptors (Lipinski definition) is 2. The first-order valence-electron chi connectivity index (χ1n) is 4.33. The lowest BCUT2D eigenvalue weighted by Gasteiger charge is -2.25. The van der Waals surface area contributed by atoms with E-state index >= 15 is 0 Å². The second-order valence-electron chi connectivity index (χ2n) is 3.63. The lowest BCUT2D eigenvalue weighted by molar-refractivity contribution is -0.142. The summed E-state index contributed by atoms with van der Waals surface area (Å²) in [6, 6.07) is 0. The maximum Gasteiger partial charge on any atom is 0.303 e. The van der Waals surface area contributed by atoms with Gasteiger partial charge in [0.05, 0.1) is 6.42 Å². The molecule has 0 spiro atoms. The van der Waals surface area contributed by atoms with Gasteiger partial charge in [-0.1, -0.05) is 20.3 Å². The maximum absolute atomic E-state index is 10.5. The monoisotopic (exact) mass is 188 g/mol. The SMILES string of the molecule is CC[C@](C)(CCC(=O)O)CC(=O)O. The fraction of sp³-hybridized carbons (Fsp3) is 0.778. The van der Waals surface area contributed by atoms with Gasteiger partial charge < -0.3 is 10.2 Å². The highest BCUT2D eigenvalue weighted by Gasteiger charge is 2.25. The largest absolute Gasteiger partial charge is 0.481 e. The van der Waals surface area contributed by atoms with Gasteiger partial charge in [0.2, 0.25) is 0 Å². The predicted molar refractivity (Wildman–Crippen MR) is 47.5 cm³/mol. The summed E-state index contributed by atoms with van der Waals surface area (Å²) in [4.78, 5) is 20.8. The molecular formula is C9H16O4. The summed E-state index contributed by atoms with van der Waals surface area (Å²) >= 11 is 0. The summed E-state index contributed by atoms with van der Waals surface area (Å²) in [5.41, 5.74) is -0.385. The van der Waals surface area contributed by atoms with Crippen LogP contribution in [0.2, 0.25) is 0 Å². The van der Waals surface area contributed by atoms with E-state index in [4.69, 9.17) is 10.2 Å². The first-order valence-corrected chi connectivity index (χ1v) is 4.33. The second-order valence-corrected chi connectivity index (χ2v) is 3.63. The first kappa shape index (κ1) is 11.9. The molecule has 1 atom stereocenters. The molecule has 0 heterocycles. The summed E-state index contributed by atoms with van der Waals surface area (Å²) in [5, 5.41) is 17.1. The van der Waals surface area contributed by atoms with E-state index in [1.54, 1.807) is 0 Å². The molecule has 0 amide bonds. The molecule has 0 aliphatic heterocycles. The van der Waals surface area contributed by atoms with Crippen LogP contribution in [0, 0.1) is 5.41 Å². The standard InChI is InChI=1S/C9H16O4/c1-3-9(2,6-8(12)13)5-4-7(10)11/h3-6H2,1-2H3,(H,10,11)(H,12,13)/t9-/m1/s1. The van der Waals surface area contributed by atoms with Crippen molar-refractivity contribution < 1.29 is 19.8 Å². The average Bonchev–Trinajstić information content (AvgIpc) is 2.00. The van der Waals surface area contributed by atoms with Crippen molar-refractivity contribution in [3.05, 3.63) is 0 Å². The van der Waals surface area contributed by atoms with Crippen molar-refractivity contribution in [2.24, 2.45) is 5.41 Å². The summed E-state index contributed by atoms with van der Waals surface area (Å²) < 4.78 is 0. The number of carboxylic acid groups (broad SMARTS) is 2. The minimum Gasteiger partial charge on any atom is -0.481 e. The van der Waals surface area contributed by atoms with Crippen LogP contribution in [0.25, 0.3) is 0 Å². The van der Waals surface area contributed by atoms with Gasteiger partial charge in [0.1, 0.15) is 0 Å². The van der Waals surface area contributed by atoms with Crippen LogP contribution in [-0.2, 0) is 9.59 Å². The van der Waals surface area contributed by atoms with E-state index < -0.39 is 11.9 Å². The van der Waals surface area contributed by atoms with Crippen molar-refractivity contribution in [2.45, 2.75) is 39.5 Å². The summed E-state index contributed by atoms with van der Waals surface area (Å²) in [6.07, 6.45) is 1.19. The molecular weight excluding hydrogens is 172 g/mol. The van der Waals surface area contributed by atoms with Crippen LogP contribution < -0.4 is 0 Å². The molecule has 0 aliphatic carbocycles. The van der Waals surface area contributed by atoms with Gasteiger partial charge in [-0.25, -0.2) is 0 Å². The van der Waals surface area contributed by atoms with Crippen LogP contribution in [0.5, 0.6) is 0 Å².